The van der Waals surface area contributed by atoms with Crippen LogP contribution in [0.2, 0.25) is 5.02 Å². The smallest absolute Gasteiger partial charge is 0.407 e. The predicted molar refractivity (Wildman–Crippen MR) is 121 cm³/mol. The first-order valence-electron chi connectivity index (χ1n) is 10.6. The van der Waals surface area contributed by atoms with Crippen LogP contribution in [0.1, 0.15) is 24.0 Å². The van der Waals surface area contributed by atoms with Crippen molar-refractivity contribution in [3.8, 4) is 0 Å². The average Bonchev–Trinajstić information content (AvgIpc) is 3.04. The van der Waals surface area contributed by atoms with Gasteiger partial charge in [-0.2, -0.15) is 0 Å². The largest absolute Gasteiger partial charge is 0.465 e. The van der Waals surface area contributed by atoms with Gasteiger partial charge >= 0.3 is 12.1 Å². The molecular weight excluding hydrogens is 432 g/mol. The van der Waals surface area contributed by atoms with Crippen LogP contribution in [0.25, 0.3) is 0 Å². The van der Waals surface area contributed by atoms with Crippen LogP contribution in [0.5, 0.6) is 0 Å². The lowest BCUT2D eigenvalue weighted by Gasteiger charge is -2.40. The van der Waals surface area contributed by atoms with E-state index in [0.29, 0.717) is 30.3 Å². The third-order valence-electron chi connectivity index (χ3n) is 5.97. The molecule has 8 nitrogen and oxygen atoms in total. The highest BCUT2D eigenvalue weighted by molar-refractivity contribution is 6.30. The minimum absolute atomic E-state index is 0.0176. The molecule has 0 spiro atoms. The molecule has 0 aromatic heterocycles. The molecule has 9 heteroatoms. The number of rotatable bonds is 5. The number of fused-ring (bicyclic) bond motifs is 2. The highest BCUT2D eigenvalue weighted by atomic mass is 35.5. The molecule has 2 unspecified atom stereocenters. The normalized spacial score (nSPS) is 19.5. The van der Waals surface area contributed by atoms with Crippen molar-refractivity contribution in [3.63, 3.8) is 0 Å². The van der Waals surface area contributed by atoms with E-state index >= 15 is 0 Å². The van der Waals surface area contributed by atoms with Crippen LogP contribution in [0.3, 0.4) is 0 Å². The molecule has 168 valence electrons. The highest BCUT2D eigenvalue weighted by Gasteiger charge is 2.43. The first kappa shape index (κ1) is 22.0. The lowest BCUT2D eigenvalue weighted by molar-refractivity contribution is -0.135. The van der Waals surface area contributed by atoms with Gasteiger partial charge in [0.05, 0.1) is 6.42 Å². The van der Waals surface area contributed by atoms with Gasteiger partial charge in [-0.3, -0.25) is 4.79 Å². The summed E-state index contributed by atoms with van der Waals surface area (Å²) in [6.45, 7) is 1.14. The Morgan fingerprint density at radius 1 is 0.938 bits per heavy atom. The molecule has 2 fully saturated rings. The summed E-state index contributed by atoms with van der Waals surface area (Å²) < 4.78 is 0. The Balaban J connectivity index is 1.27. The lowest BCUT2D eigenvalue weighted by atomic mass is 10.1. The predicted octanol–water partition coefficient (Wildman–Crippen LogP) is 3.56. The summed E-state index contributed by atoms with van der Waals surface area (Å²) in [6.07, 6.45) is 1.01. The van der Waals surface area contributed by atoms with Crippen LogP contribution in [-0.4, -0.2) is 58.1 Å². The van der Waals surface area contributed by atoms with Crippen LogP contribution in [0.4, 0.5) is 15.3 Å². The SMILES string of the molecule is O=C(NCc1ccc(Cl)cc1)Nc1ccc(CC(=O)N2C3CCC2CN(C(=O)O)C3)cc1. The van der Waals surface area contributed by atoms with Gasteiger partial charge in [-0.25, -0.2) is 9.59 Å². The maximum absolute atomic E-state index is 12.9. The Morgan fingerprint density at radius 2 is 1.53 bits per heavy atom. The molecular formula is C23H25ClN4O4. The zero-order chi connectivity index (χ0) is 22.7. The van der Waals surface area contributed by atoms with Gasteiger partial charge in [0.25, 0.3) is 0 Å². The molecule has 0 radical (unpaired) electrons. The molecule has 0 saturated carbocycles. The summed E-state index contributed by atoms with van der Waals surface area (Å²) in [5.74, 6) is 0.0176. The van der Waals surface area contributed by atoms with Crippen molar-refractivity contribution >= 4 is 35.3 Å². The molecule has 4 rings (SSSR count). The van der Waals surface area contributed by atoms with Gasteiger partial charge < -0.3 is 25.5 Å². The van der Waals surface area contributed by atoms with E-state index in [1.54, 1.807) is 24.3 Å². The standard InChI is InChI=1S/C23H25ClN4O4/c24-17-5-1-16(2-6-17)12-25-22(30)26-18-7-3-15(4-8-18)11-21(29)28-19-9-10-20(28)14-27(13-19)23(31)32/h1-8,19-20H,9-14H2,(H,31,32)(H2,25,26,30). The molecule has 0 aliphatic carbocycles. The summed E-state index contributed by atoms with van der Waals surface area (Å²) >= 11 is 5.86. The van der Waals surface area contributed by atoms with Crippen LogP contribution in [0.15, 0.2) is 48.5 Å². The molecule has 3 N–H and O–H groups in total. The number of carboxylic acid groups (broad SMARTS) is 1. The topological polar surface area (TPSA) is 102 Å². The van der Waals surface area contributed by atoms with Crippen molar-refractivity contribution in [2.24, 2.45) is 0 Å². The zero-order valence-corrected chi connectivity index (χ0v) is 18.2. The number of anilines is 1. The monoisotopic (exact) mass is 456 g/mol. The average molecular weight is 457 g/mol. The van der Waals surface area contributed by atoms with Gasteiger partial charge in [0, 0.05) is 42.4 Å². The van der Waals surface area contributed by atoms with E-state index in [9.17, 15) is 19.5 Å². The Kier molecular flexibility index (Phi) is 6.50. The minimum Gasteiger partial charge on any atom is -0.465 e. The Morgan fingerprint density at radius 3 is 2.12 bits per heavy atom. The van der Waals surface area contributed by atoms with Gasteiger partial charge in [-0.1, -0.05) is 35.9 Å². The number of carbonyl (C=O) groups is 3. The number of carbonyl (C=O) groups excluding carboxylic acids is 2. The van der Waals surface area contributed by atoms with Crippen molar-refractivity contribution in [3.05, 3.63) is 64.7 Å². The van der Waals surface area contributed by atoms with Crippen LogP contribution in [0, 0.1) is 0 Å². The fourth-order valence-electron chi connectivity index (χ4n) is 4.40. The molecule has 2 atom stereocenters. The summed E-state index contributed by atoms with van der Waals surface area (Å²) in [4.78, 5) is 39.5. The van der Waals surface area contributed by atoms with Gasteiger partial charge in [0.15, 0.2) is 0 Å². The third-order valence-corrected chi connectivity index (χ3v) is 6.23. The van der Waals surface area contributed by atoms with Crippen molar-refractivity contribution in [2.75, 3.05) is 18.4 Å². The summed E-state index contributed by atoms with van der Waals surface area (Å²) in [5, 5.41) is 15.4. The van der Waals surface area contributed by atoms with Gasteiger partial charge in [-0.15, -0.1) is 0 Å². The molecule has 2 bridgehead atoms. The number of likely N-dealkylation sites (tertiary alicyclic amines) is 1. The van der Waals surface area contributed by atoms with Crippen LogP contribution < -0.4 is 10.6 Å². The first-order chi connectivity index (χ1) is 15.4. The first-order valence-corrected chi connectivity index (χ1v) is 10.9. The molecule has 2 saturated heterocycles. The van der Waals surface area contributed by atoms with Gasteiger partial charge in [0.2, 0.25) is 5.91 Å². The van der Waals surface area contributed by atoms with Gasteiger partial charge in [-0.05, 0) is 48.2 Å². The van der Waals surface area contributed by atoms with E-state index in [1.807, 2.05) is 29.2 Å². The zero-order valence-electron chi connectivity index (χ0n) is 17.5. The molecule has 2 aromatic carbocycles. The number of piperazine rings is 1. The molecule has 4 amide bonds. The Bertz CT molecular complexity index is 982. The Hall–Kier alpha value is -3.26. The van der Waals surface area contributed by atoms with Crippen molar-refractivity contribution in [2.45, 2.75) is 37.9 Å². The van der Waals surface area contributed by atoms with E-state index < -0.39 is 6.09 Å². The number of halogens is 1. The highest BCUT2D eigenvalue weighted by Crippen LogP contribution is 2.31. The maximum atomic E-state index is 12.9. The fraction of sp³-hybridized carbons (Fsp3) is 0.348. The molecule has 2 aliphatic rings. The van der Waals surface area contributed by atoms with Crippen molar-refractivity contribution in [1.82, 2.24) is 15.1 Å². The minimum atomic E-state index is -0.922. The number of benzene rings is 2. The number of urea groups is 1. The second-order valence-electron chi connectivity index (χ2n) is 8.18. The molecule has 2 aliphatic heterocycles. The number of hydrogen-bond acceptors (Lipinski definition) is 3. The Labute approximate surface area is 191 Å². The fourth-order valence-corrected chi connectivity index (χ4v) is 4.52. The van der Waals surface area contributed by atoms with E-state index in [1.165, 1.54) is 4.90 Å². The quantitative estimate of drug-likeness (QED) is 0.640. The number of amides is 4. The summed E-state index contributed by atoms with van der Waals surface area (Å²) in [6, 6.07) is 14.0. The van der Waals surface area contributed by atoms with Crippen LogP contribution in [-0.2, 0) is 17.8 Å². The maximum Gasteiger partial charge on any atom is 0.407 e. The second kappa shape index (κ2) is 9.48. The van der Waals surface area contributed by atoms with Gasteiger partial charge in [0.1, 0.15) is 0 Å². The third kappa shape index (κ3) is 5.13. The van der Waals surface area contributed by atoms with Crippen molar-refractivity contribution in [1.29, 1.82) is 0 Å². The number of nitrogens with zero attached hydrogens (tertiary/aromatic N) is 2. The number of nitrogens with one attached hydrogen (secondary N) is 2. The summed E-state index contributed by atoms with van der Waals surface area (Å²) in [5.41, 5.74) is 2.42. The van der Waals surface area contributed by atoms with E-state index in [-0.39, 0.29) is 30.4 Å². The van der Waals surface area contributed by atoms with Crippen LogP contribution >= 0.6 is 11.6 Å². The lowest BCUT2D eigenvalue weighted by Crippen LogP contribution is -2.57. The van der Waals surface area contributed by atoms with E-state index in [2.05, 4.69) is 10.6 Å². The number of hydrogen-bond donors (Lipinski definition) is 3. The van der Waals surface area contributed by atoms with Crippen molar-refractivity contribution < 1.29 is 19.5 Å². The molecule has 2 aromatic rings. The van der Waals surface area contributed by atoms with E-state index in [0.717, 1.165) is 24.0 Å². The molecule has 32 heavy (non-hydrogen) atoms. The second-order valence-corrected chi connectivity index (χ2v) is 8.62. The van der Waals surface area contributed by atoms with E-state index in [4.69, 9.17) is 11.6 Å². The summed E-state index contributed by atoms with van der Waals surface area (Å²) in [7, 11) is 0. The molecule has 2 heterocycles.